The molecule has 1 amide bonds. The highest BCUT2D eigenvalue weighted by Crippen LogP contribution is 2.22. The van der Waals surface area contributed by atoms with Gasteiger partial charge in [0.15, 0.2) is 0 Å². The molecule has 0 saturated carbocycles. The third-order valence-electron chi connectivity index (χ3n) is 5.27. The summed E-state index contributed by atoms with van der Waals surface area (Å²) in [7, 11) is 1.56. The number of carbonyl (C=O) groups excluding carboxylic acids is 2. The Morgan fingerprint density at radius 3 is 2.51 bits per heavy atom. The Morgan fingerprint density at radius 1 is 1.05 bits per heavy atom. The molecule has 37 heavy (non-hydrogen) atoms. The van der Waals surface area contributed by atoms with Gasteiger partial charge in [0.2, 0.25) is 0 Å². The normalized spacial score (nSPS) is 11.1. The Morgan fingerprint density at radius 2 is 1.81 bits per heavy atom. The average Bonchev–Trinajstić information content (AvgIpc) is 2.90. The summed E-state index contributed by atoms with van der Waals surface area (Å²) >= 11 is 0. The SMILES string of the molecule is CCCCOc1ccc(/C=C(\C#N)C(=O)Oc2ccc3cc(C(=O)NCCCOC)c(=O)oc3c2)cc1. The van der Waals surface area contributed by atoms with Gasteiger partial charge in [-0.3, -0.25) is 4.79 Å². The van der Waals surface area contributed by atoms with E-state index in [-0.39, 0.29) is 22.5 Å². The average molecular weight is 505 g/mol. The molecule has 0 aliphatic carbocycles. The summed E-state index contributed by atoms with van der Waals surface area (Å²) in [6, 6.07) is 14.7. The van der Waals surface area contributed by atoms with Crippen LogP contribution in [-0.4, -0.2) is 38.7 Å². The maximum absolute atomic E-state index is 12.6. The van der Waals surface area contributed by atoms with E-state index in [0.717, 1.165) is 12.8 Å². The quantitative estimate of drug-likeness (QED) is 0.0968. The molecule has 9 nitrogen and oxygen atoms in total. The van der Waals surface area contributed by atoms with Crippen LogP contribution in [0.4, 0.5) is 0 Å². The number of methoxy groups -OCH3 is 1. The number of nitrogens with zero attached hydrogens (tertiary/aromatic N) is 1. The molecule has 0 unspecified atom stereocenters. The predicted molar refractivity (Wildman–Crippen MR) is 137 cm³/mol. The third-order valence-corrected chi connectivity index (χ3v) is 5.27. The molecule has 2 aromatic carbocycles. The number of nitrogens with one attached hydrogen (secondary N) is 1. The van der Waals surface area contributed by atoms with Gasteiger partial charge in [0, 0.05) is 31.7 Å². The molecular weight excluding hydrogens is 476 g/mol. The van der Waals surface area contributed by atoms with Gasteiger partial charge in [0.25, 0.3) is 5.91 Å². The van der Waals surface area contributed by atoms with Crippen LogP contribution in [0.2, 0.25) is 0 Å². The van der Waals surface area contributed by atoms with Gasteiger partial charge < -0.3 is 23.9 Å². The van der Waals surface area contributed by atoms with Gasteiger partial charge in [-0.15, -0.1) is 0 Å². The van der Waals surface area contributed by atoms with Crippen molar-refractivity contribution in [3.05, 3.63) is 75.7 Å². The van der Waals surface area contributed by atoms with Crippen LogP contribution < -0.4 is 20.4 Å². The fraction of sp³-hybridized carbons (Fsp3) is 0.286. The lowest BCUT2D eigenvalue weighted by Crippen LogP contribution is -2.29. The Kier molecular flexibility index (Phi) is 10.00. The van der Waals surface area contributed by atoms with Crippen molar-refractivity contribution in [1.82, 2.24) is 5.32 Å². The van der Waals surface area contributed by atoms with Gasteiger partial charge in [-0.05, 0) is 54.8 Å². The van der Waals surface area contributed by atoms with E-state index in [9.17, 15) is 19.6 Å². The van der Waals surface area contributed by atoms with Crippen molar-refractivity contribution in [3.63, 3.8) is 0 Å². The van der Waals surface area contributed by atoms with Crippen molar-refractivity contribution in [3.8, 4) is 17.6 Å². The van der Waals surface area contributed by atoms with E-state index in [0.29, 0.717) is 42.9 Å². The van der Waals surface area contributed by atoms with Crippen molar-refractivity contribution in [2.45, 2.75) is 26.2 Å². The molecule has 192 valence electrons. The van der Waals surface area contributed by atoms with E-state index in [1.165, 1.54) is 24.3 Å². The standard InChI is InChI=1S/C28H28N2O7/c1-3-4-14-35-22-9-6-19(7-10-22)15-21(18-29)27(32)36-23-11-8-20-16-24(28(33)37-25(20)17-23)26(31)30-12-5-13-34-2/h6-11,15-17H,3-5,12-14H2,1-2H3,(H,30,31)/b21-15+. The summed E-state index contributed by atoms with van der Waals surface area (Å²) < 4.78 is 21.1. The Labute approximate surface area is 214 Å². The molecule has 3 aromatic rings. The molecular formula is C28H28N2O7. The highest BCUT2D eigenvalue weighted by atomic mass is 16.5. The van der Waals surface area contributed by atoms with Gasteiger partial charge in [0.05, 0.1) is 6.61 Å². The van der Waals surface area contributed by atoms with Crippen LogP contribution in [0.15, 0.2) is 63.3 Å². The maximum Gasteiger partial charge on any atom is 0.354 e. The Bertz CT molecular complexity index is 1370. The number of benzene rings is 2. The van der Waals surface area contributed by atoms with Crippen LogP contribution in [0.1, 0.15) is 42.1 Å². The number of esters is 1. The molecule has 1 heterocycles. The molecule has 0 radical (unpaired) electrons. The number of hydrogen-bond acceptors (Lipinski definition) is 8. The minimum absolute atomic E-state index is 0.0817. The molecule has 1 aromatic heterocycles. The second-order valence-electron chi connectivity index (χ2n) is 8.08. The van der Waals surface area contributed by atoms with Crippen LogP contribution >= 0.6 is 0 Å². The van der Waals surface area contributed by atoms with Crippen LogP contribution in [0.25, 0.3) is 17.0 Å². The molecule has 0 saturated heterocycles. The molecule has 0 bridgehead atoms. The first-order chi connectivity index (χ1) is 17.9. The fourth-order valence-electron chi connectivity index (χ4n) is 3.29. The zero-order valence-corrected chi connectivity index (χ0v) is 20.7. The molecule has 9 heteroatoms. The summed E-state index contributed by atoms with van der Waals surface area (Å²) in [4.78, 5) is 37.2. The lowest BCUT2D eigenvalue weighted by molar-refractivity contribution is -0.129. The number of fused-ring (bicyclic) bond motifs is 1. The van der Waals surface area contributed by atoms with Crippen molar-refractivity contribution < 1.29 is 28.2 Å². The molecule has 0 fully saturated rings. The van der Waals surface area contributed by atoms with Crippen LogP contribution in [0.5, 0.6) is 11.5 Å². The third kappa shape index (κ3) is 7.78. The fourth-order valence-corrected chi connectivity index (χ4v) is 3.29. The number of unbranched alkanes of at least 4 members (excludes halogenated alkanes) is 1. The molecule has 0 aliphatic heterocycles. The minimum Gasteiger partial charge on any atom is -0.494 e. The lowest BCUT2D eigenvalue weighted by Gasteiger charge is -2.07. The molecule has 0 spiro atoms. The van der Waals surface area contributed by atoms with E-state index in [2.05, 4.69) is 12.2 Å². The summed E-state index contributed by atoms with van der Waals surface area (Å²) in [6.45, 7) is 3.54. The largest absolute Gasteiger partial charge is 0.494 e. The van der Waals surface area contributed by atoms with Crippen molar-refractivity contribution >= 4 is 28.9 Å². The highest BCUT2D eigenvalue weighted by Gasteiger charge is 2.16. The number of carbonyl (C=O) groups is 2. The van der Waals surface area contributed by atoms with Gasteiger partial charge in [-0.2, -0.15) is 5.26 Å². The zero-order valence-electron chi connectivity index (χ0n) is 20.7. The smallest absolute Gasteiger partial charge is 0.354 e. The van der Waals surface area contributed by atoms with Crippen LogP contribution in [-0.2, 0) is 9.53 Å². The van der Waals surface area contributed by atoms with E-state index in [4.69, 9.17) is 18.6 Å². The van der Waals surface area contributed by atoms with Gasteiger partial charge in [-0.1, -0.05) is 25.5 Å². The zero-order chi connectivity index (χ0) is 26.6. The Hall–Kier alpha value is -4.42. The monoisotopic (exact) mass is 504 g/mol. The van der Waals surface area contributed by atoms with Crippen molar-refractivity contribution in [2.24, 2.45) is 0 Å². The van der Waals surface area contributed by atoms with Gasteiger partial charge in [0.1, 0.15) is 34.3 Å². The minimum atomic E-state index is -0.862. The number of ether oxygens (including phenoxy) is 3. The number of rotatable bonds is 12. The van der Waals surface area contributed by atoms with E-state index >= 15 is 0 Å². The molecule has 1 N–H and O–H groups in total. The van der Waals surface area contributed by atoms with Crippen LogP contribution in [0, 0.1) is 11.3 Å². The second-order valence-corrected chi connectivity index (χ2v) is 8.08. The first-order valence-electron chi connectivity index (χ1n) is 11.9. The first-order valence-corrected chi connectivity index (χ1v) is 11.9. The summed E-state index contributed by atoms with van der Waals surface area (Å²) in [5.41, 5.74) is -0.394. The Balaban J connectivity index is 1.70. The number of hydrogen-bond donors (Lipinski definition) is 1. The van der Waals surface area contributed by atoms with Gasteiger partial charge in [-0.25, -0.2) is 9.59 Å². The van der Waals surface area contributed by atoms with E-state index in [1.807, 2.05) is 6.07 Å². The van der Waals surface area contributed by atoms with Crippen molar-refractivity contribution in [1.29, 1.82) is 5.26 Å². The summed E-state index contributed by atoms with van der Waals surface area (Å²) in [5, 5.41) is 12.6. The predicted octanol–water partition coefficient (Wildman–Crippen LogP) is 4.25. The van der Waals surface area contributed by atoms with Crippen LogP contribution in [0.3, 0.4) is 0 Å². The number of nitriles is 1. The molecule has 0 atom stereocenters. The van der Waals surface area contributed by atoms with Crippen molar-refractivity contribution in [2.75, 3.05) is 26.9 Å². The molecule has 3 rings (SSSR count). The summed E-state index contributed by atoms with van der Waals surface area (Å²) in [6.07, 6.45) is 4.01. The highest BCUT2D eigenvalue weighted by molar-refractivity contribution is 5.99. The number of amides is 1. The van der Waals surface area contributed by atoms with E-state index < -0.39 is 17.5 Å². The topological polar surface area (TPSA) is 128 Å². The van der Waals surface area contributed by atoms with E-state index in [1.54, 1.807) is 37.4 Å². The lowest BCUT2D eigenvalue weighted by atomic mass is 10.1. The first kappa shape index (κ1) is 27.2. The van der Waals surface area contributed by atoms with Gasteiger partial charge >= 0.3 is 11.6 Å². The second kappa shape index (κ2) is 13.6. The molecule has 0 aliphatic rings. The maximum atomic E-state index is 12.6. The summed E-state index contributed by atoms with van der Waals surface area (Å²) in [5.74, 6) is -0.625.